The van der Waals surface area contributed by atoms with Crippen LogP contribution >= 0.6 is 15.9 Å². The van der Waals surface area contributed by atoms with Crippen molar-refractivity contribution in [2.45, 2.75) is 19.3 Å². The highest BCUT2D eigenvalue weighted by atomic mass is 79.9. The maximum atomic E-state index is 11.2. The number of sulfone groups is 1. The van der Waals surface area contributed by atoms with Gasteiger partial charge in [0.1, 0.15) is 0 Å². The number of unbranched alkanes of at least 4 members (excludes halogenated alkanes) is 2. The van der Waals surface area contributed by atoms with Gasteiger partial charge in [0.2, 0.25) is 10.0 Å². The summed E-state index contributed by atoms with van der Waals surface area (Å²) < 4.78 is 46.1. The lowest BCUT2D eigenvalue weighted by molar-refractivity contribution is 0.576. The van der Waals surface area contributed by atoms with Crippen molar-refractivity contribution in [1.29, 1.82) is 0 Å². The van der Waals surface area contributed by atoms with Gasteiger partial charge in [-0.2, -0.15) is 0 Å². The van der Waals surface area contributed by atoms with Gasteiger partial charge in [-0.15, -0.1) is 0 Å². The van der Waals surface area contributed by atoms with Crippen molar-refractivity contribution in [1.82, 2.24) is 4.72 Å². The quantitative estimate of drug-likeness (QED) is 0.520. The molecule has 0 fully saturated rings. The van der Waals surface area contributed by atoms with E-state index >= 15 is 0 Å². The first-order valence-corrected chi connectivity index (χ1v) is 9.31. The fraction of sp³-hybridized carbons (Fsp3) is 1.00. The monoisotopic (exact) mass is 321 g/mol. The van der Waals surface area contributed by atoms with Gasteiger partial charge in [-0.05, 0) is 12.8 Å². The molecule has 0 bridgehead atoms. The first-order chi connectivity index (χ1) is 6.77. The molecule has 0 aromatic heterocycles. The van der Waals surface area contributed by atoms with Crippen LogP contribution in [0.4, 0.5) is 0 Å². The Morgan fingerprint density at radius 3 is 2.13 bits per heavy atom. The third-order valence-electron chi connectivity index (χ3n) is 1.50. The Hall–Kier alpha value is 0.340. The second-order valence-electron chi connectivity index (χ2n) is 3.30. The van der Waals surface area contributed by atoms with E-state index in [2.05, 4.69) is 20.7 Å². The molecule has 15 heavy (non-hydrogen) atoms. The Labute approximate surface area is 99.7 Å². The SMILES string of the molecule is CS(=O)(=O)CS(=O)(=O)NCCCCCBr. The van der Waals surface area contributed by atoms with Crippen molar-refractivity contribution in [3.05, 3.63) is 0 Å². The highest BCUT2D eigenvalue weighted by Gasteiger charge is 2.16. The van der Waals surface area contributed by atoms with Crippen LogP contribution in [-0.4, -0.2) is 40.1 Å². The van der Waals surface area contributed by atoms with E-state index in [1.807, 2.05) is 0 Å². The van der Waals surface area contributed by atoms with E-state index in [0.29, 0.717) is 13.0 Å². The van der Waals surface area contributed by atoms with Crippen molar-refractivity contribution in [2.24, 2.45) is 0 Å². The first kappa shape index (κ1) is 15.3. The van der Waals surface area contributed by atoms with E-state index in [1.54, 1.807) is 0 Å². The number of sulfonamides is 1. The lowest BCUT2D eigenvalue weighted by Crippen LogP contribution is -2.30. The van der Waals surface area contributed by atoms with E-state index in [0.717, 1.165) is 24.4 Å². The topological polar surface area (TPSA) is 80.3 Å². The molecule has 1 N–H and O–H groups in total. The summed E-state index contributed by atoms with van der Waals surface area (Å²) in [5, 5.41) is 0.0571. The van der Waals surface area contributed by atoms with Crippen molar-refractivity contribution in [3.8, 4) is 0 Å². The number of rotatable bonds is 8. The van der Waals surface area contributed by atoms with Crippen LogP contribution in [0.5, 0.6) is 0 Å². The van der Waals surface area contributed by atoms with Crippen molar-refractivity contribution in [2.75, 3.05) is 23.2 Å². The van der Waals surface area contributed by atoms with E-state index in [1.165, 1.54) is 0 Å². The molecular formula is C7H16BrNO4S2. The van der Waals surface area contributed by atoms with Crippen LogP contribution in [0.25, 0.3) is 0 Å². The normalized spacial score (nSPS) is 12.9. The van der Waals surface area contributed by atoms with Gasteiger partial charge < -0.3 is 0 Å². The predicted molar refractivity (Wildman–Crippen MR) is 64.3 cm³/mol. The van der Waals surface area contributed by atoms with Crippen molar-refractivity contribution < 1.29 is 16.8 Å². The summed E-state index contributed by atoms with van der Waals surface area (Å²) in [6, 6.07) is 0. The van der Waals surface area contributed by atoms with Gasteiger partial charge in [-0.1, -0.05) is 22.4 Å². The average molecular weight is 322 g/mol. The fourth-order valence-electron chi connectivity index (χ4n) is 0.947. The Bertz CT molecular complexity index is 362. The van der Waals surface area contributed by atoms with Crippen molar-refractivity contribution >= 4 is 35.8 Å². The minimum absolute atomic E-state index is 0.296. The molecule has 0 radical (unpaired) electrons. The van der Waals surface area contributed by atoms with Gasteiger partial charge >= 0.3 is 0 Å². The van der Waals surface area contributed by atoms with E-state index < -0.39 is 24.9 Å². The minimum atomic E-state index is -3.68. The molecule has 0 amide bonds. The molecule has 0 rings (SSSR count). The third kappa shape index (κ3) is 10.6. The summed E-state index contributed by atoms with van der Waals surface area (Å²) in [6.07, 6.45) is 3.51. The molecule has 0 unspecified atom stereocenters. The van der Waals surface area contributed by atoms with Crippen LogP contribution in [0, 0.1) is 0 Å². The lowest BCUT2D eigenvalue weighted by atomic mass is 10.3. The molecule has 0 saturated carbocycles. The second-order valence-corrected chi connectivity index (χ2v) is 8.41. The Balaban J connectivity index is 3.86. The highest BCUT2D eigenvalue weighted by Crippen LogP contribution is 1.98. The molecule has 5 nitrogen and oxygen atoms in total. The van der Waals surface area contributed by atoms with Crippen LogP contribution in [0.1, 0.15) is 19.3 Å². The number of nitrogens with one attached hydrogen (secondary N) is 1. The Morgan fingerprint density at radius 2 is 1.67 bits per heavy atom. The smallest absolute Gasteiger partial charge is 0.226 e. The predicted octanol–water partition coefficient (Wildman–Crippen LogP) is 0.473. The summed E-state index contributed by atoms with van der Waals surface area (Å²) in [6.45, 7) is 0.296. The van der Waals surface area contributed by atoms with Crippen LogP contribution in [-0.2, 0) is 19.9 Å². The van der Waals surface area contributed by atoms with E-state index in [9.17, 15) is 16.8 Å². The number of hydrogen-bond donors (Lipinski definition) is 1. The lowest BCUT2D eigenvalue weighted by Gasteiger charge is -2.04. The summed E-state index contributed by atoms with van der Waals surface area (Å²) in [5.41, 5.74) is 0. The van der Waals surface area contributed by atoms with E-state index in [-0.39, 0.29) is 0 Å². The zero-order valence-corrected chi connectivity index (χ0v) is 11.8. The molecule has 8 heteroatoms. The van der Waals surface area contributed by atoms with Gasteiger partial charge in [0.15, 0.2) is 14.9 Å². The van der Waals surface area contributed by atoms with Crippen LogP contribution in [0.2, 0.25) is 0 Å². The molecule has 0 aliphatic rings. The van der Waals surface area contributed by atoms with Crippen molar-refractivity contribution in [3.63, 3.8) is 0 Å². The second kappa shape index (κ2) is 6.82. The number of hydrogen-bond acceptors (Lipinski definition) is 4. The fourth-order valence-corrected chi connectivity index (χ4v) is 4.39. The molecule has 0 aliphatic carbocycles. The molecule has 0 spiro atoms. The average Bonchev–Trinajstić information content (AvgIpc) is 1.99. The van der Waals surface area contributed by atoms with Gasteiger partial charge in [-0.25, -0.2) is 21.6 Å². The zero-order valence-electron chi connectivity index (χ0n) is 8.57. The highest BCUT2D eigenvalue weighted by molar-refractivity contribution is 9.09. The Morgan fingerprint density at radius 1 is 1.07 bits per heavy atom. The summed E-state index contributed by atoms with van der Waals surface area (Å²) in [4.78, 5) is 0. The van der Waals surface area contributed by atoms with Gasteiger partial charge in [0.25, 0.3) is 0 Å². The molecule has 0 atom stereocenters. The van der Waals surface area contributed by atoms with Gasteiger partial charge in [0, 0.05) is 18.1 Å². The number of alkyl halides is 1. The van der Waals surface area contributed by atoms with Gasteiger partial charge in [-0.3, -0.25) is 0 Å². The molecule has 92 valence electrons. The molecular weight excluding hydrogens is 306 g/mol. The van der Waals surface area contributed by atoms with E-state index in [4.69, 9.17) is 0 Å². The standard InChI is InChI=1S/C7H16BrNO4S2/c1-14(10,11)7-15(12,13)9-6-4-2-3-5-8/h9H,2-7H2,1H3. The van der Waals surface area contributed by atoms with Gasteiger partial charge in [0.05, 0.1) is 0 Å². The maximum absolute atomic E-state index is 11.2. The molecule has 0 aromatic carbocycles. The molecule has 0 aliphatic heterocycles. The molecule has 0 saturated heterocycles. The summed E-state index contributed by atoms with van der Waals surface area (Å²) >= 11 is 3.26. The third-order valence-corrected chi connectivity index (χ3v) is 5.66. The van der Waals surface area contributed by atoms with Crippen LogP contribution < -0.4 is 4.72 Å². The summed E-state index contributed by atoms with van der Waals surface area (Å²) in [5.74, 6) is 0. The zero-order chi connectivity index (χ0) is 11.9. The molecule has 0 heterocycles. The number of halogens is 1. The largest absolute Gasteiger partial charge is 0.228 e. The van der Waals surface area contributed by atoms with Crippen LogP contribution in [0.15, 0.2) is 0 Å². The minimum Gasteiger partial charge on any atom is -0.228 e. The first-order valence-electron chi connectivity index (χ1n) is 4.48. The maximum Gasteiger partial charge on any atom is 0.226 e. The van der Waals surface area contributed by atoms with Crippen LogP contribution in [0.3, 0.4) is 0 Å². The molecule has 0 aromatic rings. The summed E-state index contributed by atoms with van der Waals surface area (Å²) in [7, 11) is -7.16. The Kier molecular flexibility index (Phi) is 6.98.